The van der Waals surface area contributed by atoms with Gasteiger partial charge in [-0.2, -0.15) is 0 Å². The predicted molar refractivity (Wildman–Crippen MR) is 115 cm³/mol. The standard InChI is InChI=1S/C22H30N2O4S/c1-8-24(17(4)18-10-9-11-20(13-18)28-7)22(25)19-12-15(2)16(3)21(14-19)29(26,27)23(5)6/h9-14,17H,8H2,1-7H3. The zero-order chi connectivity index (χ0) is 21.9. The van der Waals surface area contributed by atoms with Crippen molar-refractivity contribution in [2.24, 2.45) is 0 Å². The van der Waals surface area contributed by atoms with Crippen molar-refractivity contribution in [3.63, 3.8) is 0 Å². The number of hydrogen-bond donors (Lipinski definition) is 0. The van der Waals surface area contributed by atoms with E-state index in [-0.39, 0.29) is 16.8 Å². The first-order valence-corrected chi connectivity index (χ1v) is 11.0. The minimum Gasteiger partial charge on any atom is -0.497 e. The Balaban J connectivity index is 2.50. The van der Waals surface area contributed by atoms with E-state index in [1.807, 2.05) is 45.0 Å². The highest BCUT2D eigenvalue weighted by molar-refractivity contribution is 7.89. The Labute approximate surface area is 174 Å². The Morgan fingerprint density at radius 3 is 2.34 bits per heavy atom. The number of carbonyl (C=O) groups is 1. The number of rotatable bonds is 7. The van der Waals surface area contributed by atoms with Crippen molar-refractivity contribution in [2.75, 3.05) is 27.7 Å². The van der Waals surface area contributed by atoms with Crippen LogP contribution < -0.4 is 4.74 Å². The van der Waals surface area contributed by atoms with Crippen molar-refractivity contribution in [3.8, 4) is 5.75 Å². The fourth-order valence-electron chi connectivity index (χ4n) is 3.26. The number of nitrogens with zero attached hydrogens (tertiary/aromatic N) is 2. The van der Waals surface area contributed by atoms with E-state index < -0.39 is 10.0 Å². The normalized spacial score (nSPS) is 12.7. The lowest BCUT2D eigenvalue weighted by atomic mass is 10.0. The molecule has 0 aliphatic heterocycles. The van der Waals surface area contributed by atoms with E-state index in [0.717, 1.165) is 16.9 Å². The molecule has 158 valence electrons. The summed E-state index contributed by atoms with van der Waals surface area (Å²) >= 11 is 0. The smallest absolute Gasteiger partial charge is 0.254 e. The van der Waals surface area contributed by atoms with Crippen LogP contribution in [0.25, 0.3) is 0 Å². The Kier molecular flexibility index (Phi) is 7.08. The summed E-state index contributed by atoms with van der Waals surface area (Å²) in [7, 11) is 0.927. The van der Waals surface area contributed by atoms with Gasteiger partial charge < -0.3 is 9.64 Å². The van der Waals surface area contributed by atoms with E-state index in [9.17, 15) is 13.2 Å². The van der Waals surface area contributed by atoms with Gasteiger partial charge >= 0.3 is 0 Å². The van der Waals surface area contributed by atoms with Crippen molar-refractivity contribution in [2.45, 2.75) is 38.6 Å². The highest BCUT2D eigenvalue weighted by Crippen LogP contribution is 2.28. The maximum atomic E-state index is 13.3. The highest BCUT2D eigenvalue weighted by Gasteiger charge is 2.26. The van der Waals surface area contributed by atoms with Crippen molar-refractivity contribution >= 4 is 15.9 Å². The molecule has 0 aliphatic rings. The SMILES string of the molecule is CCN(C(=O)c1cc(C)c(C)c(S(=O)(=O)N(C)C)c1)C(C)c1cccc(OC)c1. The summed E-state index contributed by atoms with van der Waals surface area (Å²) in [6.45, 7) is 7.93. The number of carbonyl (C=O) groups excluding carboxylic acids is 1. The Morgan fingerprint density at radius 1 is 1.14 bits per heavy atom. The first kappa shape index (κ1) is 22.9. The van der Waals surface area contributed by atoms with Gasteiger partial charge in [0.05, 0.1) is 18.0 Å². The summed E-state index contributed by atoms with van der Waals surface area (Å²) < 4.78 is 31.9. The molecule has 0 aromatic heterocycles. The molecule has 1 amide bonds. The number of hydrogen-bond acceptors (Lipinski definition) is 4. The molecule has 0 N–H and O–H groups in total. The molecule has 2 aromatic rings. The van der Waals surface area contributed by atoms with Gasteiger partial charge in [-0.25, -0.2) is 12.7 Å². The van der Waals surface area contributed by atoms with Crippen molar-refractivity contribution in [1.29, 1.82) is 0 Å². The average Bonchev–Trinajstić information content (AvgIpc) is 2.69. The summed E-state index contributed by atoms with van der Waals surface area (Å²) in [5.41, 5.74) is 2.73. The summed E-state index contributed by atoms with van der Waals surface area (Å²) in [5.74, 6) is 0.518. The second-order valence-corrected chi connectivity index (χ2v) is 9.37. The van der Waals surface area contributed by atoms with Gasteiger partial charge in [-0.05, 0) is 68.7 Å². The topological polar surface area (TPSA) is 66.9 Å². The number of amides is 1. The monoisotopic (exact) mass is 418 g/mol. The minimum absolute atomic E-state index is 0.163. The number of sulfonamides is 1. The molecule has 0 spiro atoms. The number of aryl methyl sites for hydroxylation is 1. The van der Waals surface area contributed by atoms with Crippen LogP contribution in [0.3, 0.4) is 0 Å². The van der Waals surface area contributed by atoms with Gasteiger partial charge in [0.2, 0.25) is 10.0 Å². The Bertz CT molecular complexity index is 1000. The van der Waals surface area contributed by atoms with Gasteiger partial charge in [0.25, 0.3) is 5.91 Å². The van der Waals surface area contributed by atoms with Gasteiger partial charge in [0.15, 0.2) is 0 Å². The van der Waals surface area contributed by atoms with Crippen LogP contribution in [0.2, 0.25) is 0 Å². The summed E-state index contributed by atoms with van der Waals surface area (Å²) in [5, 5.41) is 0. The summed E-state index contributed by atoms with van der Waals surface area (Å²) in [6, 6.07) is 10.7. The molecule has 0 saturated heterocycles. The van der Waals surface area contributed by atoms with Gasteiger partial charge in [-0.3, -0.25) is 4.79 Å². The molecule has 0 fully saturated rings. The van der Waals surface area contributed by atoms with E-state index in [1.165, 1.54) is 24.5 Å². The van der Waals surface area contributed by atoms with Crippen LogP contribution >= 0.6 is 0 Å². The van der Waals surface area contributed by atoms with Crippen LogP contribution in [0, 0.1) is 13.8 Å². The van der Waals surface area contributed by atoms with E-state index in [4.69, 9.17) is 4.74 Å². The van der Waals surface area contributed by atoms with Crippen molar-refractivity contribution in [1.82, 2.24) is 9.21 Å². The molecule has 0 saturated carbocycles. The molecule has 0 radical (unpaired) electrons. The molecule has 6 nitrogen and oxygen atoms in total. The molecule has 7 heteroatoms. The van der Waals surface area contributed by atoms with Crippen LogP contribution in [0.5, 0.6) is 5.75 Å². The molecular weight excluding hydrogens is 388 g/mol. The van der Waals surface area contributed by atoms with Gasteiger partial charge in [-0.15, -0.1) is 0 Å². The maximum absolute atomic E-state index is 13.3. The van der Waals surface area contributed by atoms with Gasteiger partial charge in [0, 0.05) is 26.2 Å². The average molecular weight is 419 g/mol. The Morgan fingerprint density at radius 2 is 1.79 bits per heavy atom. The maximum Gasteiger partial charge on any atom is 0.254 e. The van der Waals surface area contributed by atoms with E-state index in [1.54, 1.807) is 25.0 Å². The lowest BCUT2D eigenvalue weighted by Crippen LogP contribution is -2.34. The van der Waals surface area contributed by atoms with Crippen LogP contribution in [-0.4, -0.2) is 51.3 Å². The number of methoxy groups -OCH3 is 1. The zero-order valence-corrected chi connectivity index (χ0v) is 19.0. The zero-order valence-electron chi connectivity index (χ0n) is 18.2. The largest absolute Gasteiger partial charge is 0.497 e. The van der Waals surface area contributed by atoms with Gasteiger partial charge in [0.1, 0.15) is 5.75 Å². The molecule has 1 atom stereocenters. The first-order chi connectivity index (χ1) is 13.5. The molecule has 0 aliphatic carbocycles. The van der Waals surface area contributed by atoms with Gasteiger partial charge in [-0.1, -0.05) is 12.1 Å². The first-order valence-electron chi connectivity index (χ1n) is 9.53. The second kappa shape index (κ2) is 8.97. The highest BCUT2D eigenvalue weighted by atomic mass is 32.2. The van der Waals surface area contributed by atoms with E-state index in [0.29, 0.717) is 17.7 Å². The van der Waals surface area contributed by atoms with Crippen LogP contribution in [0.1, 0.15) is 46.9 Å². The molecule has 2 aromatic carbocycles. The van der Waals surface area contributed by atoms with Crippen LogP contribution in [0.4, 0.5) is 0 Å². The number of ether oxygens (including phenoxy) is 1. The third-order valence-corrected chi connectivity index (χ3v) is 7.21. The molecule has 1 unspecified atom stereocenters. The summed E-state index contributed by atoms with van der Waals surface area (Å²) in [4.78, 5) is 15.2. The lowest BCUT2D eigenvalue weighted by molar-refractivity contribution is 0.0701. The van der Waals surface area contributed by atoms with Crippen LogP contribution in [-0.2, 0) is 10.0 Å². The van der Waals surface area contributed by atoms with Crippen molar-refractivity contribution < 1.29 is 17.9 Å². The Hall–Kier alpha value is -2.38. The molecule has 0 heterocycles. The summed E-state index contributed by atoms with van der Waals surface area (Å²) in [6.07, 6.45) is 0. The van der Waals surface area contributed by atoms with E-state index >= 15 is 0 Å². The third kappa shape index (κ3) is 4.62. The predicted octanol–water partition coefficient (Wildman–Crippen LogP) is 3.79. The minimum atomic E-state index is -3.65. The number of benzene rings is 2. The quantitative estimate of drug-likeness (QED) is 0.686. The lowest BCUT2D eigenvalue weighted by Gasteiger charge is -2.29. The second-order valence-electron chi connectivity index (χ2n) is 7.25. The molecular formula is C22H30N2O4S. The molecule has 0 bridgehead atoms. The van der Waals surface area contributed by atoms with Crippen LogP contribution in [0.15, 0.2) is 41.3 Å². The fourth-order valence-corrected chi connectivity index (χ4v) is 4.47. The molecule has 29 heavy (non-hydrogen) atoms. The third-order valence-electron chi connectivity index (χ3n) is 5.27. The molecule has 2 rings (SSSR count). The van der Waals surface area contributed by atoms with E-state index in [2.05, 4.69) is 0 Å². The fraction of sp³-hybridized carbons (Fsp3) is 0.409. The van der Waals surface area contributed by atoms with Crippen molar-refractivity contribution in [3.05, 3.63) is 58.7 Å².